The van der Waals surface area contributed by atoms with Crippen LogP contribution in [-0.4, -0.2) is 34.9 Å². The van der Waals surface area contributed by atoms with E-state index in [1.165, 1.54) is 11.8 Å². The molecule has 0 aliphatic carbocycles. The van der Waals surface area contributed by atoms with Crippen LogP contribution in [0.2, 0.25) is 0 Å². The molecule has 0 saturated carbocycles. The van der Waals surface area contributed by atoms with Gasteiger partial charge in [0.25, 0.3) is 5.91 Å². The zero-order valence-corrected chi connectivity index (χ0v) is 14.0. The van der Waals surface area contributed by atoms with E-state index in [2.05, 4.69) is 0 Å². The number of benzene rings is 1. The number of hydrogen-bond donors (Lipinski definition) is 0. The van der Waals surface area contributed by atoms with Crippen molar-refractivity contribution < 1.29 is 19.1 Å². The van der Waals surface area contributed by atoms with Crippen molar-refractivity contribution in [2.75, 3.05) is 18.1 Å². The summed E-state index contributed by atoms with van der Waals surface area (Å²) in [7, 11) is 0. The minimum atomic E-state index is -1.68. The molecule has 0 fully saturated rings. The van der Waals surface area contributed by atoms with Crippen molar-refractivity contribution in [3.8, 4) is 5.75 Å². The van der Waals surface area contributed by atoms with E-state index >= 15 is 0 Å². The lowest BCUT2D eigenvalue weighted by Crippen LogP contribution is -2.40. The molecule has 0 N–H and O–H groups in total. The molecule has 1 aliphatic heterocycles. The Labute approximate surface area is 143 Å². The van der Waals surface area contributed by atoms with E-state index in [1.54, 1.807) is 18.2 Å². The van der Waals surface area contributed by atoms with Gasteiger partial charge in [-0.1, -0.05) is 46.9 Å². The largest absolute Gasteiger partial charge is 0.482 e. The van der Waals surface area contributed by atoms with Gasteiger partial charge in [-0.3, -0.25) is 9.59 Å². The molecule has 22 heavy (non-hydrogen) atoms. The highest BCUT2D eigenvalue weighted by atomic mass is 35.6. The average Bonchev–Trinajstić information content (AvgIpc) is 2.45. The number of esters is 1. The van der Waals surface area contributed by atoms with Crippen LogP contribution in [0.4, 0.5) is 5.69 Å². The third kappa shape index (κ3) is 4.18. The Bertz CT molecular complexity index is 573. The number of carbonyl (C=O) groups is 2. The van der Waals surface area contributed by atoms with Gasteiger partial charge >= 0.3 is 5.97 Å². The second kappa shape index (κ2) is 6.94. The number of rotatable bonds is 4. The van der Waals surface area contributed by atoms with Crippen molar-refractivity contribution in [3.63, 3.8) is 0 Å². The fourth-order valence-corrected chi connectivity index (χ4v) is 2.06. The van der Waals surface area contributed by atoms with Gasteiger partial charge in [-0.15, -0.1) is 0 Å². The highest BCUT2D eigenvalue weighted by molar-refractivity contribution is 6.68. The number of halogens is 3. The smallest absolute Gasteiger partial charge is 0.308 e. The van der Waals surface area contributed by atoms with E-state index in [1.807, 2.05) is 6.07 Å². The number of anilines is 1. The fraction of sp³-hybridized carbons (Fsp3) is 0.429. The lowest BCUT2D eigenvalue weighted by atomic mass is 10.2. The van der Waals surface area contributed by atoms with Crippen molar-refractivity contribution >= 4 is 52.4 Å². The summed E-state index contributed by atoms with van der Waals surface area (Å²) in [5, 5.41) is 0. The first-order valence-corrected chi connectivity index (χ1v) is 7.71. The molecule has 1 aromatic carbocycles. The molecule has 120 valence electrons. The highest BCUT2D eigenvalue weighted by Crippen LogP contribution is 2.33. The molecule has 0 bridgehead atoms. The molecule has 1 amide bonds. The Morgan fingerprint density at radius 1 is 1.41 bits per heavy atom. The summed E-state index contributed by atoms with van der Waals surface area (Å²) in [4.78, 5) is 25.2. The first-order valence-electron chi connectivity index (χ1n) is 6.57. The highest BCUT2D eigenvalue weighted by Gasteiger charge is 2.32. The molecule has 1 heterocycles. The molecule has 0 radical (unpaired) electrons. The molecule has 1 unspecified atom stereocenters. The topological polar surface area (TPSA) is 55.8 Å². The van der Waals surface area contributed by atoms with E-state index in [9.17, 15) is 9.59 Å². The van der Waals surface area contributed by atoms with E-state index in [-0.39, 0.29) is 25.5 Å². The minimum Gasteiger partial charge on any atom is -0.482 e. The SMILES string of the molecule is CC(OC(=O)CCN1C(=O)COc2ccccc21)C(Cl)(Cl)Cl. The first-order chi connectivity index (χ1) is 10.3. The molecule has 0 spiro atoms. The van der Waals surface area contributed by atoms with Crippen LogP contribution in [-0.2, 0) is 14.3 Å². The van der Waals surface area contributed by atoms with Crippen molar-refractivity contribution in [1.82, 2.24) is 0 Å². The second-order valence-electron chi connectivity index (χ2n) is 4.73. The molecule has 0 aromatic heterocycles. The molecule has 1 aromatic rings. The molecule has 0 saturated heterocycles. The zero-order valence-electron chi connectivity index (χ0n) is 11.7. The average molecular weight is 367 g/mol. The molecule has 8 heteroatoms. The number of amides is 1. The van der Waals surface area contributed by atoms with E-state index in [4.69, 9.17) is 44.3 Å². The summed E-state index contributed by atoms with van der Waals surface area (Å²) in [6, 6.07) is 7.11. The third-order valence-electron chi connectivity index (χ3n) is 3.12. The molecule has 1 aliphatic rings. The van der Waals surface area contributed by atoms with E-state index < -0.39 is 15.9 Å². The Hall–Kier alpha value is -1.17. The predicted molar refractivity (Wildman–Crippen MR) is 84.8 cm³/mol. The summed E-state index contributed by atoms with van der Waals surface area (Å²) >= 11 is 16.9. The van der Waals surface area contributed by atoms with Gasteiger partial charge in [-0.2, -0.15) is 0 Å². The standard InChI is InChI=1S/C14H14Cl3NO4/c1-9(14(15,16)17)22-13(20)6-7-18-10-4-2-3-5-11(10)21-8-12(18)19/h2-5,9H,6-8H2,1H3. The lowest BCUT2D eigenvalue weighted by Gasteiger charge is -2.29. The zero-order chi connectivity index (χ0) is 16.3. The maximum atomic E-state index is 11.9. The fourth-order valence-electron chi connectivity index (χ4n) is 1.93. The van der Waals surface area contributed by atoms with E-state index in [0.717, 1.165) is 0 Å². The maximum absolute atomic E-state index is 11.9. The molecule has 2 rings (SSSR count). The second-order valence-corrected chi connectivity index (χ2v) is 7.09. The summed E-state index contributed by atoms with van der Waals surface area (Å²) in [5.74, 6) is -0.165. The van der Waals surface area contributed by atoms with E-state index in [0.29, 0.717) is 11.4 Å². The number of para-hydroxylation sites is 2. The van der Waals surface area contributed by atoms with Gasteiger partial charge in [0.05, 0.1) is 12.1 Å². The summed E-state index contributed by atoms with van der Waals surface area (Å²) in [6.07, 6.45) is -0.886. The van der Waals surface area contributed by atoms with Crippen molar-refractivity contribution in [2.45, 2.75) is 23.2 Å². The number of hydrogen-bond acceptors (Lipinski definition) is 4. The Kier molecular flexibility index (Phi) is 5.42. The van der Waals surface area contributed by atoms with Crippen molar-refractivity contribution in [1.29, 1.82) is 0 Å². The van der Waals surface area contributed by atoms with Gasteiger partial charge in [-0.25, -0.2) is 0 Å². The number of ether oxygens (including phenoxy) is 2. The summed E-state index contributed by atoms with van der Waals surface area (Å²) in [6.45, 7) is 1.60. The van der Waals surface area contributed by atoms with Crippen molar-refractivity contribution in [2.24, 2.45) is 0 Å². The van der Waals surface area contributed by atoms with Crippen LogP contribution in [0.15, 0.2) is 24.3 Å². The maximum Gasteiger partial charge on any atom is 0.308 e. The lowest BCUT2D eigenvalue weighted by molar-refractivity contribution is -0.147. The number of fused-ring (bicyclic) bond motifs is 1. The van der Waals surface area contributed by atoms with Gasteiger partial charge in [0.2, 0.25) is 3.79 Å². The Morgan fingerprint density at radius 2 is 2.09 bits per heavy atom. The Morgan fingerprint density at radius 3 is 2.77 bits per heavy atom. The summed E-state index contributed by atoms with van der Waals surface area (Å²) < 4.78 is 8.66. The Balaban J connectivity index is 1.97. The van der Waals surface area contributed by atoms with Gasteiger partial charge in [0, 0.05) is 6.54 Å². The van der Waals surface area contributed by atoms with Gasteiger partial charge < -0.3 is 14.4 Å². The van der Waals surface area contributed by atoms with Crippen LogP contribution in [0.3, 0.4) is 0 Å². The van der Waals surface area contributed by atoms with Gasteiger partial charge in [0.15, 0.2) is 6.61 Å². The van der Waals surface area contributed by atoms with Crippen LogP contribution >= 0.6 is 34.8 Å². The predicted octanol–water partition coefficient (Wildman–Crippen LogP) is 3.10. The normalized spacial score (nSPS) is 15.8. The minimum absolute atomic E-state index is 0.00877. The number of carbonyl (C=O) groups excluding carboxylic acids is 2. The van der Waals surface area contributed by atoms with Crippen LogP contribution in [0.25, 0.3) is 0 Å². The van der Waals surface area contributed by atoms with Crippen LogP contribution in [0, 0.1) is 0 Å². The third-order valence-corrected chi connectivity index (χ3v) is 4.04. The number of nitrogens with zero attached hydrogens (tertiary/aromatic N) is 1. The monoisotopic (exact) mass is 365 g/mol. The quantitative estimate of drug-likeness (QED) is 0.607. The van der Waals surface area contributed by atoms with Gasteiger partial charge in [0.1, 0.15) is 11.9 Å². The molecular formula is C14H14Cl3NO4. The van der Waals surface area contributed by atoms with Crippen molar-refractivity contribution in [3.05, 3.63) is 24.3 Å². The first kappa shape index (κ1) is 17.2. The molecule has 5 nitrogen and oxygen atoms in total. The molecule has 1 atom stereocenters. The number of alkyl halides is 3. The van der Waals surface area contributed by atoms with Crippen LogP contribution < -0.4 is 9.64 Å². The van der Waals surface area contributed by atoms with Crippen LogP contribution in [0.5, 0.6) is 5.75 Å². The molecular weight excluding hydrogens is 353 g/mol. The summed E-state index contributed by atoms with van der Waals surface area (Å²) in [5.41, 5.74) is 0.626. The van der Waals surface area contributed by atoms with Gasteiger partial charge in [-0.05, 0) is 19.1 Å². The van der Waals surface area contributed by atoms with Crippen LogP contribution in [0.1, 0.15) is 13.3 Å².